The maximum absolute atomic E-state index is 12.9. The van der Waals surface area contributed by atoms with Gasteiger partial charge in [-0.3, -0.25) is 9.52 Å². The standard InChI is InChI=1S/C21H21N3O6S2/c1-12-20(25)24(2)16-9-13(5-7-17(16)30-12)15-11-31-21(22-15)23-32(26,27)19-8-6-14(28-3)10-18(19)29-4/h5-12H,1-4H3,(H,22,23). The van der Waals surface area contributed by atoms with Gasteiger partial charge in [-0.1, -0.05) is 0 Å². The van der Waals surface area contributed by atoms with Crippen LogP contribution in [-0.4, -0.2) is 46.7 Å². The van der Waals surface area contributed by atoms with Gasteiger partial charge < -0.3 is 19.1 Å². The SMILES string of the molecule is COc1ccc(S(=O)(=O)Nc2nc(-c3ccc4c(c3)N(C)C(=O)C(C)O4)cs2)c(OC)c1. The number of rotatable bonds is 6. The van der Waals surface area contributed by atoms with Gasteiger partial charge in [0.1, 0.15) is 22.1 Å². The normalized spacial score (nSPS) is 15.7. The van der Waals surface area contributed by atoms with Gasteiger partial charge in [-0.15, -0.1) is 11.3 Å². The van der Waals surface area contributed by atoms with Crippen molar-refractivity contribution in [1.29, 1.82) is 0 Å². The van der Waals surface area contributed by atoms with Crippen LogP contribution in [0.1, 0.15) is 6.92 Å². The maximum Gasteiger partial charge on any atom is 0.267 e. The minimum atomic E-state index is -3.94. The zero-order valence-electron chi connectivity index (χ0n) is 17.8. The smallest absolute Gasteiger partial charge is 0.267 e. The molecule has 0 fully saturated rings. The lowest BCUT2D eigenvalue weighted by atomic mass is 10.1. The molecule has 4 rings (SSSR count). The number of carbonyl (C=O) groups is 1. The average Bonchev–Trinajstić information content (AvgIpc) is 3.24. The van der Waals surface area contributed by atoms with Crippen LogP contribution in [0.3, 0.4) is 0 Å². The Morgan fingerprint density at radius 2 is 1.94 bits per heavy atom. The topological polar surface area (TPSA) is 107 Å². The molecule has 0 bridgehead atoms. The number of aromatic nitrogens is 1. The molecule has 1 aliphatic rings. The molecule has 0 aliphatic carbocycles. The molecule has 0 radical (unpaired) electrons. The van der Waals surface area contributed by atoms with E-state index in [1.807, 2.05) is 6.07 Å². The van der Waals surface area contributed by atoms with Crippen LogP contribution in [0.4, 0.5) is 10.8 Å². The van der Waals surface area contributed by atoms with Crippen molar-refractivity contribution in [3.63, 3.8) is 0 Å². The quantitative estimate of drug-likeness (QED) is 0.582. The first-order valence-corrected chi connectivity index (χ1v) is 11.9. The molecule has 1 aliphatic heterocycles. The molecule has 9 nitrogen and oxygen atoms in total. The fraction of sp³-hybridized carbons (Fsp3) is 0.238. The number of fused-ring (bicyclic) bond motifs is 1. The second-order valence-corrected chi connectivity index (χ2v) is 9.51. The van der Waals surface area contributed by atoms with Crippen molar-refractivity contribution >= 4 is 38.1 Å². The van der Waals surface area contributed by atoms with E-state index in [-0.39, 0.29) is 21.7 Å². The summed E-state index contributed by atoms with van der Waals surface area (Å²) in [6, 6.07) is 9.82. The first-order valence-electron chi connectivity index (χ1n) is 9.52. The number of amides is 1. The monoisotopic (exact) mass is 475 g/mol. The van der Waals surface area contributed by atoms with E-state index in [9.17, 15) is 13.2 Å². The molecule has 32 heavy (non-hydrogen) atoms. The highest BCUT2D eigenvalue weighted by atomic mass is 32.2. The van der Waals surface area contributed by atoms with Crippen LogP contribution < -0.4 is 23.8 Å². The van der Waals surface area contributed by atoms with E-state index >= 15 is 0 Å². The number of hydrogen-bond acceptors (Lipinski definition) is 8. The summed E-state index contributed by atoms with van der Waals surface area (Å²) in [5.74, 6) is 1.10. The zero-order chi connectivity index (χ0) is 23.0. The molecule has 0 spiro atoms. The van der Waals surface area contributed by atoms with Crippen molar-refractivity contribution in [3.8, 4) is 28.5 Å². The molecular weight excluding hydrogens is 454 g/mol. The molecular formula is C21H21N3O6S2. The molecule has 3 aromatic rings. The molecule has 168 valence electrons. The van der Waals surface area contributed by atoms with E-state index in [0.717, 1.165) is 16.9 Å². The lowest BCUT2D eigenvalue weighted by Gasteiger charge is -2.30. The Labute approximate surface area is 189 Å². The summed E-state index contributed by atoms with van der Waals surface area (Å²) in [5.41, 5.74) is 1.92. The minimum Gasteiger partial charge on any atom is -0.497 e. The van der Waals surface area contributed by atoms with Crippen molar-refractivity contribution < 1.29 is 27.4 Å². The number of hydrogen-bond donors (Lipinski definition) is 1. The van der Waals surface area contributed by atoms with Crippen molar-refractivity contribution in [1.82, 2.24) is 4.98 Å². The van der Waals surface area contributed by atoms with Crippen molar-refractivity contribution in [3.05, 3.63) is 41.8 Å². The molecule has 0 saturated heterocycles. The second kappa shape index (κ2) is 8.32. The summed E-state index contributed by atoms with van der Waals surface area (Å²) in [4.78, 5) is 18.1. The number of ether oxygens (including phenoxy) is 3. The lowest BCUT2D eigenvalue weighted by molar-refractivity contribution is -0.125. The van der Waals surface area contributed by atoms with Gasteiger partial charge in [0.25, 0.3) is 15.9 Å². The fourth-order valence-electron chi connectivity index (χ4n) is 3.29. The van der Waals surface area contributed by atoms with Gasteiger partial charge in [-0.25, -0.2) is 13.4 Å². The summed E-state index contributed by atoms with van der Waals surface area (Å²) in [6.45, 7) is 1.70. The molecule has 2 heterocycles. The fourth-order valence-corrected chi connectivity index (χ4v) is 5.42. The number of methoxy groups -OCH3 is 2. The van der Waals surface area contributed by atoms with Crippen LogP contribution in [0.25, 0.3) is 11.3 Å². The van der Waals surface area contributed by atoms with Crippen LogP contribution in [0.15, 0.2) is 46.7 Å². The number of nitrogens with one attached hydrogen (secondary N) is 1. The zero-order valence-corrected chi connectivity index (χ0v) is 19.4. The van der Waals surface area contributed by atoms with Crippen LogP contribution in [0.2, 0.25) is 0 Å². The van der Waals surface area contributed by atoms with E-state index < -0.39 is 16.1 Å². The molecule has 1 unspecified atom stereocenters. The Bertz CT molecular complexity index is 1290. The highest BCUT2D eigenvalue weighted by molar-refractivity contribution is 7.93. The van der Waals surface area contributed by atoms with Crippen LogP contribution in [0.5, 0.6) is 17.2 Å². The van der Waals surface area contributed by atoms with Gasteiger partial charge in [0.05, 0.1) is 25.6 Å². The van der Waals surface area contributed by atoms with Gasteiger partial charge >= 0.3 is 0 Å². The molecule has 1 amide bonds. The first-order chi connectivity index (χ1) is 15.2. The van der Waals surface area contributed by atoms with E-state index in [4.69, 9.17) is 14.2 Å². The van der Waals surface area contributed by atoms with Gasteiger partial charge in [0.15, 0.2) is 11.2 Å². The van der Waals surface area contributed by atoms with E-state index in [1.165, 1.54) is 32.4 Å². The Morgan fingerprint density at radius 1 is 1.16 bits per heavy atom. The molecule has 2 aromatic carbocycles. The molecule has 11 heteroatoms. The van der Waals surface area contributed by atoms with Crippen molar-refractivity contribution in [2.24, 2.45) is 0 Å². The molecule has 0 saturated carbocycles. The Hall–Kier alpha value is -3.31. The first kappa shape index (κ1) is 21.9. The number of likely N-dealkylation sites (N-methyl/N-ethyl adjacent to an activating group) is 1. The van der Waals surface area contributed by atoms with E-state index in [2.05, 4.69) is 9.71 Å². The maximum atomic E-state index is 12.9. The summed E-state index contributed by atoms with van der Waals surface area (Å²) in [7, 11) is 0.617. The highest BCUT2D eigenvalue weighted by Gasteiger charge is 2.29. The summed E-state index contributed by atoms with van der Waals surface area (Å²) >= 11 is 1.15. The third kappa shape index (κ3) is 3.96. The average molecular weight is 476 g/mol. The van der Waals surface area contributed by atoms with Crippen LogP contribution in [-0.2, 0) is 14.8 Å². The predicted octanol–water partition coefficient (Wildman–Crippen LogP) is 3.37. The van der Waals surface area contributed by atoms with Crippen molar-refractivity contribution in [2.75, 3.05) is 30.9 Å². The molecule has 1 aromatic heterocycles. The van der Waals surface area contributed by atoms with Gasteiger partial charge in [0, 0.05) is 24.1 Å². The third-order valence-corrected chi connectivity index (χ3v) is 7.25. The predicted molar refractivity (Wildman–Crippen MR) is 121 cm³/mol. The number of anilines is 2. The molecule has 1 atom stereocenters. The number of thiazole rings is 1. The molecule has 1 N–H and O–H groups in total. The van der Waals surface area contributed by atoms with E-state index in [1.54, 1.807) is 36.4 Å². The summed E-state index contributed by atoms with van der Waals surface area (Å²) in [6.07, 6.45) is -0.548. The van der Waals surface area contributed by atoms with E-state index in [0.29, 0.717) is 22.9 Å². The number of nitrogens with zero attached hydrogens (tertiary/aromatic N) is 2. The van der Waals surface area contributed by atoms with Crippen molar-refractivity contribution in [2.45, 2.75) is 17.9 Å². The van der Waals surface area contributed by atoms with Crippen LogP contribution >= 0.6 is 11.3 Å². The Balaban J connectivity index is 1.61. The second-order valence-electron chi connectivity index (χ2n) is 7.00. The van der Waals surface area contributed by atoms with Gasteiger partial charge in [0.2, 0.25) is 0 Å². The number of benzene rings is 2. The number of sulfonamides is 1. The largest absolute Gasteiger partial charge is 0.497 e. The summed E-state index contributed by atoms with van der Waals surface area (Å²) in [5, 5.41) is 1.93. The van der Waals surface area contributed by atoms with Gasteiger partial charge in [-0.05, 0) is 37.3 Å². The van der Waals surface area contributed by atoms with Crippen LogP contribution in [0, 0.1) is 0 Å². The lowest BCUT2D eigenvalue weighted by Crippen LogP contribution is -2.41. The van der Waals surface area contributed by atoms with Gasteiger partial charge in [-0.2, -0.15) is 0 Å². The summed E-state index contributed by atoms with van der Waals surface area (Å²) < 4.78 is 44.3. The number of carbonyl (C=O) groups excluding carboxylic acids is 1. The highest BCUT2D eigenvalue weighted by Crippen LogP contribution is 2.38. The minimum absolute atomic E-state index is 0.0299. The third-order valence-electron chi connectivity index (χ3n) is 4.98. The Morgan fingerprint density at radius 3 is 2.66 bits per heavy atom. The Kier molecular flexibility index (Phi) is 5.70.